The molecule has 0 bridgehead atoms. The van der Waals surface area contributed by atoms with Gasteiger partial charge in [-0.1, -0.05) is 0 Å². The van der Waals surface area contributed by atoms with Crippen LogP contribution >= 0.6 is 0 Å². The maximum Gasteiger partial charge on any atom is 0.124 e. The molecule has 2 aromatic rings. The van der Waals surface area contributed by atoms with Gasteiger partial charge in [-0.3, -0.25) is 0 Å². The van der Waals surface area contributed by atoms with Crippen LogP contribution in [0.4, 0.5) is 17.1 Å². The van der Waals surface area contributed by atoms with E-state index in [1.54, 1.807) is 14.2 Å². The second-order valence-electron chi connectivity index (χ2n) is 5.46. The summed E-state index contributed by atoms with van der Waals surface area (Å²) in [7, 11) is 3.26. The smallest absolute Gasteiger partial charge is 0.124 e. The zero-order valence-corrected chi connectivity index (χ0v) is 14.4. The van der Waals surface area contributed by atoms with E-state index in [1.165, 1.54) is 0 Å². The SMILES string of the molecule is CCNc1c(N)ccc(OC)c1C(CN)c1cc(OC)ccc1N. The fourth-order valence-electron chi connectivity index (χ4n) is 2.90. The van der Waals surface area contributed by atoms with Crippen LogP contribution in [0.5, 0.6) is 11.5 Å². The summed E-state index contributed by atoms with van der Waals surface area (Å²) >= 11 is 0. The Morgan fingerprint density at radius 2 is 1.75 bits per heavy atom. The van der Waals surface area contributed by atoms with Crippen LogP contribution in [0.25, 0.3) is 0 Å². The van der Waals surface area contributed by atoms with E-state index in [4.69, 9.17) is 26.7 Å². The zero-order chi connectivity index (χ0) is 17.7. The summed E-state index contributed by atoms with van der Waals surface area (Å²) in [5.74, 6) is 1.27. The average Bonchev–Trinajstić information content (AvgIpc) is 2.60. The molecular weight excluding hydrogens is 304 g/mol. The van der Waals surface area contributed by atoms with Crippen molar-refractivity contribution in [2.24, 2.45) is 5.73 Å². The van der Waals surface area contributed by atoms with E-state index >= 15 is 0 Å². The van der Waals surface area contributed by atoms with Crippen molar-refractivity contribution in [2.45, 2.75) is 12.8 Å². The molecule has 2 rings (SSSR count). The third-order valence-corrected chi connectivity index (χ3v) is 4.06. The number of methoxy groups -OCH3 is 2. The van der Waals surface area contributed by atoms with Crippen molar-refractivity contribution in [3.63, 3.8) is 0 Å². The number of hydrogen-bond donors (Lipinski definition) is 4. The Bertz CT molecular complexity index is 704. The van der Waals surface area contributed by atoms with Gasteiger partial charge in [0.2, 0.25) is 0 Å². The molecule has 2 aromatic carbocycles. The summed E-state index contributed by atoms with van der Waals surface area (Å²) in [5.41, 5.74) is 22.4. The summed E-state index contributed by atoms with van der Waals surface area (Å²) in [6.45, 7) is 3.10. The first-order valence-corrected chi connectivity index (χ1v) is 7.91. The van der Waals surface area contributed by atoms with Gasteiger partial charge in [0.1, 0.15) is 11.5 Å². The van der Waals surface area contributed by atoms with Crippen molar-refractivity contribution in [3.8, 4) is 11.5 Å². The molecule has 0 aliphatic heterocycles. The lowest BCUT2D eigenvalue weighted by Crippen LogP contribution is -2.19. The van der Waals surface area contributed by atoms with Gasteiger partial charge in [-0.05, 0) is 42.8 Å². The van der Waals surface area contributed by atoms with Crippen molar-refractivity contribution < 1.29 is 9.47 Å². The number of hydrogen-bond acceptors (Lipinski definition) is 6. The van der Waals surface area contributed by atoms with Gasteiger partial charge < -0.3 is 32.0 Å². The second-order valence-corrected chi connectivity index (χ2v) is 5.46. The Kier molecular flexibility index (Phi) is 5.76. The molecule has 130 valence electrons. The van der Waals surface area contributed by atoms with E-state index in [2.05, 4.69) is 5.32 Å². The predicted octanol–water partition coefficient (Wildman–Crippen LogP) is 2.39. The molecule has 0 aromatic heterocycles. The van der Waals surface area contributed by atoms with Gasteiger partial charge in [-0.25, -0.2) is 0 Å². The Morgan fingerprint density at radius 1 is 1.04 bits per heavy atom. The number of nitrogen functional groups attached to an aromatic ring is 2. The van der Waals surface area contributed by atoms with Crippen molar-refractivity contribution in [2.75, 3.05) is 44.1 Å². The largest absolute Gasteiger partial charge is 0.497 e. The Labute approximate surface area is 142 Å². The molecular formula is C18H26N4O2. The van der Waals surface area contributed by atoms with Crippen LogP contribution in [0.2, 0.25) is 0 Å². The molecule has 0 saturated carbocycles. The molecule has 0 heterocycles. The number of nitrogens with one attached hydrogen (secondary N) is 1. The van der Waals surface area contributed by atoms with Gasteiger partial charge in [-0.2, -0.15) is 0 Å². The first-order valence-electron chi connectivity index (χ1n) is 7.91. The highest BCUT2D eigenvalue weighted by Gasteiger charge is 2.24. The minimum Gasteiger partial charge on any atom is -0.497 e. The quantitative estimate of drug-likeness (QED) is 0.581. The summed E-state index contributed by atoms with van der Waals surface area (Å²) in [6.07, 6.45) is 0. The highest BCUT2D eigenvalue weighted by atomic mass is 16.5. The lowest BCUT2D eigenvalue weighted by molar-refractivity contribution is 0.407. The van der Waals surface area contributed by atoms with E-state index < -0.39 is 0 Å². The van der Waals surface area contributed by atoms with Gasteiger partial charge in [-0.15, -0.1) is 0 Å². The molecule has 6 nitrogen and oxygen atoms in total. The molecule has 7 N–H and O–H groups in total. The lowest BCUT2D eigenvalue weighted by atomic mass is 9.87. The molecule has 0 spiro atoms. The highest BCUT2D eigenvalue weighted by Crippen LogP contribution is 2.42. The predicted molar refractivity (Wildman–Crippen MR) is 99.9 cm³/mol. The Morgan fingerprint density at radius 3 is 2.33 bits per heavy atom. The van der Waals surface area contributed by atoms with Gasteiger partial charge in [0.05, 0.1) is 25.6 Å². The van der Waals surface area contributed by atoms with Crippen LogP contribution in [0.1, 0.15) is 24.0 Å². The zero-order valence-electron chi connectivity index (χ0n) is 14.4. The first-order chi connectivity index (χ1) is 11.6. The molecule has 1 atom stereocenters. The molecule has 0 aliphatic rings. The van der Waals surface area contributed by atoms with E-state index in [-0.39, 0.29) is 5.92 Å². The van der Waals surface area contributed by atoms with Crippen molar-refractivity contribution in [1.29, 1.82) is 0 Å². The number of rotatable bonds is 7. The average molecular weight is 330 g/mol. The fourth-order valence-corrected chi connectivity index (χ4v) is 2.90. The van der Waals surface area contributed by atoms with E-state index in [1.807, 2.05) is 37.3 Å². The van der Waals surface area contributed by atoms with Crippen molar-refractivity contribution in [3.05, 3.63) is 41.5 Å². The molecule has 0 fully saturated rings. The van der Waals surface area contributed by atoms with Crippen molar-refractivity contribution >= 4 is 17.1 Å². The molecule has 24 heavy (non-hydrogen) atoms. The van der Waals surface area contributed by atoms with E-state index in [0.29, 0.717) is 17.9 Å². The maximum atomic E-state index is 6.21. The normalized spacial score (nSPS) is 11.8. The van der Waals surface area contributed by atoms with Gasteiger partial charge in [0.15, 0.2) is 0 Å². The van der Waals surface area contributed by atoms with Crippen LogP contribution in [-0.4, -0.2) is 27.3 Å². The standard InChI is InChI=1S/C18H26N4O2/c1-4-22-18-15(21)7-8-16(24-3)17(18)13(10-19)12-9-11(23-2)5-6-14(12)20/h5-9,13,22H,4,10,19-21H2,1-3H3. The Balaban J connectivity index is 2.68. The molecule has 0 amide bonds. The number of ether oxygens (including phenoxy) is 2. The minimum absolute atomic E-state index is 0.174. The topological polar surface area (TPSA) is 109 Å². The first kappa shape index (κ1) is 17.7. The number of benzene rings is 2. The monoisotopic (exact) mass is 330 g/mol. The molecule has 0 aliphatic carbocycles. The molecule has 0 radical (unpaired) electrons. The van der Waals surface area contributed by atoms with E-state index in [9.17, 15) is 0 Å². The van der Waals surface area contributed by atoms with E-state index in [0.717, 1.165) is 34.9 Å². The second kappa shape index (κ2) is 7.79. The maximum absolute atomic E-state index is 6.21. The number of anilines is 3. The number of nitrogens with two attached hydrogens (primary N) is 3. The minimum atomic E-state index is -0.174. The van der Waals surface area contributed by atoms with Crippen LogP contribution in [0, 0.1) is 0 Å². The third kappa shape index (κ3) is 3.33. The Hall–Kier alpha value is -2.60. The third-order valence-electron chi connectivity index (χ3n) is 4.06. The molecule has 0 saturated heterocycles. The molecule has 6 heteroatoms. The van der Waals surface area contributed by atoms with Crippen LogP contribution in [0.3, 0.4) is 0 Å². The summed E-state index contributed by atoms with van der Waals surface area (Å²) in [6, 6.07) is 9.23. The molecule has 1 unspecified atom stereocenters. The van der Waals surface area contributed by atoms with Crippen LogP contribution < -0.4 is 32.0 Å². The summed E-state index contributed by atoms with van der Waals surface area (Å²) in [4.78, 5) is 0. The highest BCUT2D eigenvalue weighted by molar-refractivity contribution is 5.76. The van der Waals surface area contributed by atoms with Gasteiger partial charge >= 0.3 is 0 Å². The van der Waals surface area contributed by atoms with Crippen LogP contribution in [-0.2, 0) is 0 Å². The summed E-state index contributed by atoms with van der Waals surface area (Å²) < 4.78 is 10.9. The summed E-state index contributed by atoms with van der Waals surface area (Å²) in [5, 5.41) is 3.32. The van der Waals surface area contributed by atoms with Crippen LogP contribution in [0.15, 0.2) is 30.3 Å². The fraction of sp³-hybridized carbons (Fsp3) is 0.333. The van der Waals surface area contributed by atoms with Crippen molar-refractivity contribution in [1.82, 2.24) is 0 Å². The van der Waals surface area contributed by atoms with Gasteiger partial charge in [0, 0.05) is 30.3 Å². The van der Waals surface area contributed by atoms with Gasteiger partial charge in [0.25, 0.3) is 0 Å². The lowest BCUT2D eigenvalue weighted by Gasteiger charge is -2.25.